The maximum absolute atomic E-state index is 12.8. The molecule has 6 nitrogen and oxygen atoms in total. The lowest BCUT2D eigenvalue weighted by atomic mass is 10.1. The molecule has 0 aliphatic rings. The van der Waals surface area contributed by atoms with Gasteiger partial charge in [0, 0.05) is 36.3 Å². The largest absolute Gasteiger partial charge is 0.497 e. The summed E-state index contributed by atoms with van der Waals surface area (Å²) in [7, 11) is 1.23. The maximum Gasteiger partial charge on any atom is 0.244 e. The Morgan fingerprint density at radius 3 is 2.52 bits per heavy atom. The Morgan fingerprint density at radius 1 is 1.07 bits per heavy atom. The van der Waals surface area contributed by atoms with E-state index in [0.717, 1.165) is 22.2 Å². The first-order valence-electron chi connectivity index (χ1n) is 8.63. The standard InChI is InChI=1S/C20H24N2O4S/c1-14-16(17-7-5-6-8-18(17)22(14)2)11-12-21-27(23,24)20-13-15(25-3)9-10-19(20)26-4/h5-10,13,21H,11-12H2,1-4H3. The highest BCUT2D eigenvalue weighted by molar-refractivity contribution is 7.89. The number of hydrogen-bond donors (Lipinski definition) is 1. The fourth-order valence-corrected chi connectivity index (χ4v) is 4.51. The second kappa shape index (κ2) is 7.62. The van der Waals surface area contributed by atoms with E-state index >= 15 is 0 Å². The summed E-state index contributed by atoms with van der Waals surface area (Å²) in [6.45, 7) is 2.34. The summed E-state index contributed by atoms with van der Waals surface area (Å²) in [5, 5.41) is 1.15. The number of rotatable bonds is 7. The quantitative estimate of drug-likeness (QED) is 0.675. The van der Waals surface area contributed by atoms with Gasteiger partial charge >= 0.3 is 0 Å². The van der Waals surface area contributed by atoms with Crippen LogP contribution < -0.4 is 14.2 Å². The van der Waals surface area contributed by atoms with E-state index in [1.54, 1.807) is 12.1 Å². The molecular formula is C20H24N2O4S. The molecule has 27 heavy (non-hydrogen) atoms. The van der Waals surface area contributed by atoms with Crippen LogP contribution in [0.15, 0.2) is 47.4 Å². The van der Waals surface area contributed by atoms with E-state index in [4.69, 9.17) is 9.47 Å². The van der Waals surface area contributed by atoms with E-state index in [1.165, 1.54) is 20.3 Å². The summed E-state index contributed by atoms with van der Waals surface area (Å²) >= 11 is 0. The predicted octanol–water partition coefficient (Wildman–Crippen LogP) is 3.02. The van der Waals surface area contributed by atoms with Crippen molar-refractivity contribution < 1.29 is 17.9 Å². The molecule has 0 spiro atoms. The molecule has 0 fully saturated rings. The minimum absolute atomic E-state index is 0.0685. The minimum atomic E-state index is -3.73. The van der Waals surface area contributed by atoms with Crippen molar-refractivity contribution in [2.24, 2.45) is 7.05 Å². The van der Waals surface area contributed by atoms with Crippen LogP contribution in [0.5, 0.6) is 11.5 Å². The number of nitrogens with zero attached hydrogens (tertiary/aromatic N) is 1. The average molecular weight is 388 g/mol. The highest BCUT2D eigenvalue weighted by Gasteiger charge is 2.21. The molecule has 0 bridgehead atoms. The molecule has 7 heteroatoms. The number of hydrogen-bond acceptors (Lipinski definition) is 4. The zero-order valence-corrected chi connectivity index (χ0v) is 16.8. The van der Waals surface area contributed by atoms with Crippen LogP contribution in [-0.4, -0.2) is 33.7 Å². The van der Waals surface area contributed by atoms with Gasteiger partial charge in [0.1, 0.15) is 16.4 Å². The number of ether oxygens (including phenoxy) is 2. The third-order valence-corrected chi connectivity index (χ3v) is 6.34. The topological polar surface area (TPSA) is 69.6 Å². The third kappa shape index (κ3) is 3.65. The van der Waals surface area contributed by atoms with Crippen LogP contribution in [0.4, 0.5) is 0 Å². The number of para-hydroxylation sites is 1. The highest BCUT2D eigenvalue weighted by atomic mass is 32.2. The van der Waals surface area contributed by atoms with E-state index in [0.29, 0.717) is 12.2 Å². The molecular weight excluding hydrogens is 364 g/mol. The molecule has 1 aromatic heterocycles. The molecule has 0 atom stereocenters. The molecule has 0 saturated heterocycles. The van der Waals surface area contributed by atoms with Gasteiger partial charge in [-0.3, -0.25) is 0 Å². The molecule has 2 aromatic carbocycles. The Morgan fingerprint density at radius 2 is 1.81 bits per heavy atom. The van der Waals surface area contributed by atoms with Crippen LogP contribution in [0.1, 0.15) is 11.3 Å². The van der Waals surface area contributed by atoms with Gasteiger partial charge in [-0.25, -0.2) is 13.1 Å². The fourth-order valence-electron chi connectivity index (χ4n) is 3.30. The molecule has 1 heterocycles. The van der Waals surface area contributed by atoms with Crippen molar-refractivity contribution in [1.82, 2.24) is 9.29 Å². The first-order chi connectivity index (χ1) is 12.9. The van der Waals surface area contributed by atoms with Crippen LogP contribution in [-0.2, 0) is 23.5 Å². The Hall–Kier alpha value is -2.51. The van der Waals surface area contributed by atoms with Crippen molar-refractivity contribution in [3.63, 3.8) is 0 Å². The number of benzene rings is 2. The monoisotopic (exact) mass is 388 g/mol. The number of methoxy groups -OCH3 is 2. The molecule has 1 N–H and O–H groups in total. The summed E-state index contributed by atoms with van der Waals surface area (Å²) in [6, 6.07) is 12.8. The van der Waals surface area contributed by atoms with Crippen molar-refractivity contribution in [3.05, 3.63) is 53.7 Å². The van der Waals surface area contributed by atoms with E-state index in [1.807, 2.05) is 19.2 Å². The van der Waals surface area contributed by atoms with E-state index in [2.05, 4.69) is 28.3 Å². The Bertz CT molecular complexity index is 1070. The molecule has 3 aromatic rings. The van der Waals surface area contributed by atoms with E-state index in [-0.39, 0.29) is 17.2 Å². The molecule has 0 amide bonds. The van der Waals surface area contributed by atoms with Gasteiger partial charge in [-0.1, -0.05) is 18.2 Å². The van der Waals surface area contributed by atoms with E-state index in [9.17, 15) is 8.42 Å². The zero-order valence-electron chi connectivity index (χ0n) is 15.9. The Labute approximate surface area is 159 Å². The van der Waals surface area contributed by atoms with Crippen molar-refractivity contribution in [2.45, 2.75) is 18.2 Å². The molecule has 3 rings (SSSR count). The zero-order chi connectivity index (χ0) is 19.6. The molecule has 144 valence electrons. The number of fused-ring (bicyclic) bond motifs is 1. The molecule has 0 aliphatic carbocycles. The van der Waals surface area contributed by atoms with Crippen LogP contribution in [0.3, 0.4) is 0 Å². The van der Waals surface area contributed by atoms with Crippen molar-refractivity contribution in [1.29, 1.82) is 0 Å². The number of aromatic nitrogens is 1. The van der Waals surface area contributed by atoms with Gasteiger partial charge in [-0.15, -0.1) is 0 Å². The summed E-state index contributed by atoms with van der Waals surface area (Å²) in [5.74, 6) is 0.741. The van der Waals surface area contributed by atoms with Gasteiger partial charge in [0.05, 0.1) is 14.2 Å². The first kappa shape index (κ1) is 19.3. The van der Waals surface area contributed by atoms with Crippen LogP contribution in [0.2, 0.25) is 0 Å². The summed E-state index contributed by atoms with van der Waals surface area (Å²) < 4.78 is 40.7. The Balaban J connectivity index is 1.83. The highest BCUT2D eigenvalue weighted by Crippen LogP contribution is 2.28. The van der Waals surface area contributed by atoms with Crippen molar-refractivity contribution in [3.8, 4) is 11.5 Å². The van der Waals surface area contributed by atoms with Gasteiger partial charge in [0.25, 0.3) is 0 Å². The Kier molecular flexibility index (Phi) is 5.43. The van der Waals surface area contributed by atoms with Crippen molar-refractivity contribution in [2.75, 3.05) is 20.8 Å². The fraction of sp³-hybridized carbons (Fsp3) is 0.300. The smallest absolute Gasteiger partial charge is 0.244 e. The number of sulfonamides is 1. The molecule has 0 aliphatic heterocycles. The second-order valence-electron chi connectivity index (χ2n) is 6.30. The van der Waals surface area contributed by atoms with Crippen molar-refractivity contribution >= 4 is 20.9 Å². The maximum atomic E-state index is 12.8. The van der Waals surface area contributed by atoms with Gasteiger partial charge in [-0.2, -0.15) is 0 Å². The van der Waals surface area contributed by atoms with Crippen LogP contribution in [0, 0.1) is 6.92 Å². The lowest BCUT2D eigenvalue weighted by Gasteiger charge is -2.12. The molecule has 0 radical (unpaired) electrons. The van der Waals surface area contributed by atoms with Crippen LogP contribution >= 0.6 is 0 Å². The summed E-state index contributed by atoms with van der Waals surface area (Å²) in [6.07, 6.45) is 0.596. The SMILES string of the molecule is COc1ccc(OC)c(S(=O)(=O)NCCc2c(C)n(C)c3ccccc23)c1. The van der Waals surface area contributed by atoms with Gasteiger partial charge in [0.2, 0.25) is 10.0 Å². The lowest BCUT2D eigenvalue weighted by molar-refractivity contribution is 0.392. The molecule has 0 unspecified atom stereocenters. The predicted molar refractivity (Wildman–Crippen MR) is 106 cm³/mol. The number of aryl methyl sites for hydroxylation is 1. The lowest BCUT2D eigenvalue weighted by Crippen LogP contribution is -2.26. The van der Waals surface area contributed by atoms with Gasteiger partial charge in [-0.05, 0) is 37.1 Å². The normalized spacial score (nSPS) is 11.7. The van der Waals surface area contributed by atoms with Gasteiger partial charge in [0.15, 0.2) is 0 Å². The number of nitrogens with one attached hydrogen (secondary N) is 1. The molecule has 0 saturated carbocycles. The summed E-state index contributed by atoms with van der Waals surface area (Å²) in [5.41, 5.74) is 3.42. The summed E-state index contributed by atoms with van der Waals surface area (Å²) in [4.78, 5) is 0.0685. The van der Waals surface area contributed by atoms with Crippen LogP contribution in [0.25, 0.3) is 10.9 Å². The second-order valence-corrected chi connectivity index (χ2v) is 8.04. The first-order valence-corrected chi connectivity index (χ1v) is 10.1. The average Bonchev–Trinajstić information content (AvgIpc) is 2.92. The van der Waals surface area contributed by atoms with Gasteiger partial charge < -0.3 is 14.0 Å². The minimum Gasteiger partial charge on any atom is -0.497 e. The van der Waals surface area contributed by atoms with E-state index < -0.39 is 10.0 Å². The third-order valence-electron chi connectivity index (χ3n) is 4.86.